The van der Waals surface area contributed by atoms with Crippen LogP contribution in [0.2, 0.25) is 19.6 Å². The van der Waals surface area contributed by atoms with Crippen LogP contribution in [0.4, 0.5) is 5.69 Å². The fourth-order valence-electron chi connectivity index (χ4n) is 8.51. The Morgan fingerprint density at radius 3 is 2.38 bits per heavy atom. The second-order valence-corrected chi connectivity index (χ2v) is 20.7. The second-order valence-electron chi connectivity index (χ2n) is 14.7. The summed E-state index contributed by atoms with van der Waals surface area (Å²) in [6.45, 7) is 11.8. The molecule has 3 aromatic carbocycles. The molecule has 3 aromatic rings. The largest absolute Gasteiger partial charge is 0.469 e. The van der Waals surface area contributed by atoms with Crippen LogP contribution < -0.4 is 0 Å². The molecule has 2 heterocycles. The number of benzene rings is 3. The van der Waals surface area contributed by atoms with Crippen molar-refractivity contribution >= 4 is 35.8 Å². The molecule has 1 spiro atoms. The Labute approximate surface area is 286 Å². The van der Waals surface area contributed by atoms with Crippen molar-refractivity contribution in [1.29, 1.82) is 0 Å². The predicted octanol–water partition coefficient (Wildman–Crippen LogP) is 7.20. The van der Waals surface area contributed by atoms with E-state index in [1.54, 1.807) is 24.3 Å². The van der Waals surface area contributed by atoms with E-state index >= 15 is 0 Å². The highest BCUT2D eigenvalue weighted by Gasteiger charge is 2.64. The molecule has 1 saturated heterocycles. The summed E-state index contributed by atoms with van der Waals surface area (Å²) in [5, 5.41) is 0. The third kappa shape index (κ3) is 6.57. The Morgan fingerprint density at radius 1 is 1.02 bits per heavy atom. The quantitative estimate of drug-likeness (QED) is 0.113. The number of hydrogen-bond donors (Lipinski definition) is 0. The summed E-state index contributed by atoms with van der Waals surface area (Å²) in [4.78, 5) is 21.5. The van der Waals surface area contributed by atoms with Crippen LogP contribution in [0.3, 0.4) is 0 Å². The maximum absolute atomic E-state index is 13.6. The van der Waals surface area contributed by atoms with Crippen LogP contribution in [0.15, 0.2) is 88.8 Å². The van der Waals surface area contributed by atoms with E-state index in [9.17, 15) is 13.2 Å². The number of aryl methyl sites for hydroxylation is 1. The van der Waals surface area contributed by atoms with Gasteiger partial charge in [-0.2, -0.15) is 8.42 Å². The zero-order chi connectivity index (χ0) is 34.3. The first kappa shape index (κ1) is 34.7. The van der Waals surface area contributed by atoms with Crippen molar-refractivity contribution < 1.29 is 26.6 Å². The number of methoxy groups -OCH3 is 1. The Kier molecular flexibility index (Phi) is 9.60. The van der Waals surface area contributed by atoms with E-state index in [0.29, 0.717) is 19.3 Å². The molecule has 0 aromatic heterocycles. The summed E-state index contributed by atoms with van der Waals surface area (Å²) in [5.41, 5.74) is 3.80. The predicted molar refractivity (Wildman–Crippen MR) is 190 cm³/mol. The number of likely N-dealkylation sites (tertiary alicyclic amines) is 1. The van der Waals surface area contributed by atoms with E-state index in [1.807, 2.05) is 32.0 Å². The van der Waals surface area contributed by atoms with Gasteiger partial charge in [-0.25, -0.2) is 0 Å². The molecule has 3 unspecified atom stereocenters. The standard InChI is InChI=1S/C38H48N2O6SSi/c1-7-37(46-48(4,5)6,26-45-47(42,43)30-19-17-27(2)18-20-30)24-29-23-31(36(41)44-3)34-38(32-15-11-12-16-33(32)39-34)21-22-40(35(29)38)25-28-13-9-8-10-14-28/h8-20,29,31,35H,7,21-26H2,1-6H3/t29-,31?,35?,37+,38?/m1/s1. The van der Waals surface area contributed by atoms with Gasteiger partial charge in [0.2, 0.25) is 0 Å². The first-order chi connectivity index (χ1) is 22.8. The lowest BCUT2D eigenvalue weighted by Crippen LogP contribution is -2.60. The van der Waals surface area contributed by atoms with Crippen LogP contribution in [0.1, 0.15) is 49.3 Å². The molecule has 256 valence electrons. The smallest absolute Gasteiger partial charge is 0.314 e. The molecule has 10 heteroatoms. The van der Waals surface area contributed by atoms with E-state index < -0.39 is 35.4 Å². The average Bonchev–Trinajstić information content (AvgIpc) is 3.61. The number of aliphatic imine (C=N–C) groups is 1. The monoisotopic (exact) mass is 688 g/mol. The maximum Gasteiger partial charge on any atom is 0.314 e. The Balaban J connectivity index is 1.43. The lowest BCUT2D eigenvalue weighted by molar-refractivity contribution is -0.144. The van der Waals surface area contributed by atoms with Crippen molar-refractivity contribution in [2.45, 2.75) is 87.7 Å². The highest BCUT2D eigenvalue weighted by atomic mass is 32.2. The van der Waals surface area contributed by atoms with Gasteiger partial charge in [0.05, 0.1) is 41.2 Å². The summed E-state index contributed by atoms with van der Waals surface area (Å²) >= 11 is 0. The molecule has 48 heavy (non-hydrogen) atoms. The lowest BCUT2D eigenvalue weighted by atomic mass is 9.57. The Morgan fingerprint density at radius 2 is 1.71 bits per heavy atom. The van der Waals surface area contributed by atoms with Crippen molar-refractivity contribution in [3.8, 4) is 0 Å². The van der Waals surface area contributed by atoms with Gasteiger partial charge in [0.15, 0.2) is 8.32 Å². The first-order valence-electron chi connectivity index (χ1n) is 17.0. The van der Waals surface area contributed by atoms with Crippen molar-refractivity contribution in [3.63, 3.8) is 0 Å². The molecule has 3 aliphatic rings. The maximum atomic E-state index is 13.6. The summed E-state index contributed by atoms with van der Waals surface area (Å²) in [5.74, 6) is -0.844. The molecule has 0 N–H and O–H groups in total. The molecule has 5 atom stereocenters. The van der Waals surface area contributed by atoms with Crippen LogP contribution in [0, 0.1) is 18.8 Å². The van der Waals surface area contributed by atoms with E-state index in [4.69, 9.17) is 18.3 Å². The van der Waals surface area contributed by atoms with E-state index in [0.717, 1.165) is 42.0 Å². The van der Waals surface area contributed by atoms with Gasteiger partial charge in [-0.15, -0.1) is 0 Å². The number of ether oxygens (including phenoxy) is 1. The van der Waals surface area contributed by atoms with Crippen LogP contribution in [0.25, 0.3) is 0 Å². The lowest BCUT2D eigenvalue weighted by Gasteiger charge is -2.51. The number of nitrogens with zero attached hydrogens (tertiary/aromatic N) is 2. The fraction of sp³-hybridized carbons (Fsp3) is 0.474. The molecule has 2 aliphatic heterocycles. The van der Waals surface area contributed by atoms with Gasteiger partial charge in [0.1, 0.15) is 0 Å². The molecule has 1 saturated carbocycles. The topological polar surface area (TPSA) is 94.5 Å². The molecule has 0 bridgehead atoms. The number of carbonyl (C=O) groups excluding carboxylic acids is 1. The van der Waals surface area contributed by atoms with Gasteiger partial charge in [-0.05, 0) is 87.5 Å². The summed E-state index contributed by atoms with van der Waals surface area (Å²) in [7, 11) is -4.82. The molecule has 0 radical (unpaired) electrons. The van der Waals surface area contributed by atoms with Gasteiger partial charge >= 0.3 is 5.97 Å². The number of carbonyl (C=O) groups is 1. The highest BCUT2D eigenvalue weighted by molar-refractivity contribution is 7.86. The number of hydrogen-bond acceptors (Lipinski definition) is 8. The zero-order valence-corrected chi connectivity index (χ0v) is 30.8. The molecule has 6 rings (SSSR count). The molecule has 1 aliphatic carbocycles. The zero-order valence-electron chi connectivity index (χ0n) is 28.9. The Bertz CT molecular complexity index is 1770. The fourth-order valence-corrected chi connectivity index (χ4v) is 11.1. The summed E-state index contributed by atoms with van der Waals surface area (Å²) in [6.07, 6.45) is 2.43. The van der Waals surface area contributed by atoms with Crippen molar-refractivity contribution in [3.05, 3.63) is 95.6 Å². The summed E-state index contributed by atoms with van der Waals surface area (Å²) in [6, 6.07) is 25.5. The first-order valence-corrected chi connectivity index (χ1v) is 21.8. The normalized spacial score (nSPS) is 25.0. The SMILES string of the molecule is CC[C@@](COS(=O)(=O)c1ccc(C)cc1)(C[C@H]1CC(C(=O)OC)C2=Nc3ccccc3C23CCN(Cc2ccccc2)C13)O[Si](C)(C)C. The van der Waals surface area contributed by atoms with Crippen LogP contribution in [0.5, 0.6) is 0 Å². The van der Waals surface area contributed by atoms with Crippen LogP contribution in [-0.2, 0) is 40.2 Å². The van der Waals surface area contributed by atoms with Crippen LogP contribution >= 0.6 is 0 Å². The van der Waals surface area contributed by atoms with Crippen molar-refractivity contribution in [1.82, 2.24) is 4.90 Å². The van der Waals surface area contributed by atoms with Crippen molar-refractivity contribution in [2.75, 3.05) is 20.3 Å². The number of rotatable bonds is 12. The number of para-hydroxylation sites is 1. The third-order valence-electron chi connectivity index (χ3n) is 10.4. The molecular formula is C38H48N2O6SSi. The van der Waals surface area contributed by atoms with Crippen LogP contribution in [-0.4, -0.2) is 65.2 Å². The minimum Gasteiger partial charge on any atom is -0.469 e. The number of fused-ring (bicyclic) bond motifs is 1. The minimum absolute atomic E-state index is 0.00544. The van der Waals surface area contributed by atoms with E-state index in [-0.39, 0.29) is 29.4 Å². The minimum atomic E-state index is -4.04. The molecule has 8 nitrogen and oxygen atoms in total. The number of esters is 1. The molecule has 2 fully saturated rings. The highest BCUT2D eigenvalue weighted by Crippen LogP contribution is 2.58. The Hall–Kier alpha value is -3.15. The van der Waals surface area contributed by atoms with E-state index in [2.05, 4.69) is 60.9 Å². The van der Waals surface area contributed by atoms with Gasteiger partial charge in [0.25, 0.3) is 10.1 Å². The van der Waals surface area contributed by atoms with Crippen molar-refractivity contribution in [2.24, 2.45) is 16.8 Å². The van der Waals surface area contributed by atoms with E-state index in [1.165, 1.54) is 12.7 Å². The van der Waals surface area contributed by atoms with Gasteiger partial charge in [-0.3, -0.25) is 18.9 Å². The second kappa shape index (κ2) is 13.3. The third-order valence-corrected chi connectivity index (χ3v) is 12.7. The van der Waals surface area contributed by atoms with Gasteiger partial charge in [-0.1, -0.05) is 73.2 Å². The summed E-state index contributed by atoms with van der Waals surface area (Å²) < 4.78 is 45.4. The van der Waals surface area contributed by atoms with Gasteiger partial charge < -0.3 is 9.16 Å². The molecule has 0 amide bonds. The van der Waals surface area contributed by atoms with Gasteiger partial charge in [0, 0.05) is 24.8 Å². The average molecular weight is 689 g/mol. The molecular weight excluding hydrogens is 641 g/mol.